The van der Waals surface area contributed by atoms with Crippen LogP contribution in [0.25, 0.3) is 0 Å². The van der Waals surface area contributed by atoms with Gasteiger partial charge in [-0.25, -0.2) is 0 Å². The van der Waals surface area contributed by atoms with Gasteiger partial charge in [0.15, 0.2) is 0 Å². The summed E-state index contributed by atoms with van der Waals surface area (Å²) in [5.74, 6) is 0.913. The summed E-state index contributed by atoms with van der Waals surface area (Å²) in [4.78, 5) is 12.0. The Balaban J connectivity index is 3.16. The van der Waals surface area contributed by atoms with Crippen molar-refractivity contribution < 1.29 is 9.53 Å². The Morgan fingerprint density at radius 2 is 0.660 bits per heavy atom. The van der Waals surface area contributed by atoms with Gasteiger partial charge in [0.2, 0.25) is 0 Å². The van der Waals surface area contributed by atoms with E-state index in [0.717, 1.165) is 18.8 Å². The van der Waals surface area contributed by atoms with Crippen molar-refractivity contribution in [3.63, 3.8) is 0 Å². The van der Waals surface area contributed by atoms with E-state index >= 15 is 0 Å². The summed E-state index contributed by atoms with van der Waals surface area (Å²) < 4.78 is 5.49. The Labute approximate surface area is 336 Å². The summed E-state index contributed by atoms with van der Waals surface area (Å²) in [7, 11) is 0. The van der Waals surface area contributed by atoms with E-state index < -0.39 is 0 Å². The number of hydrogen-bond donors (Lipinski definition) is 0. The van der Waals surface area contributed by atoms with Crippen molar-refractivity contribution >= 4 is 5.97 Å². The maximum atomic E-state index is 12.0. The largest absolute Gasteiger partial charge is 0.466 e. The number of ether oxygens (including phenoxy) is 1. The van der Waals surface area contributed by atoms with Crippen LogP contribution in [-0.2, 0) is 9.53 Å². The molecule has 0 unspecified atom stereocenters. The molecule has 53 heavy (non-hydrogen) atoms. The predicted octanol–water partition coefficient (Wildman–Crippen LogP) is 18.5. The molecule has 0 bridgehead atoms. The Kier molecular flexibility index (Phi) is 46.7. The van der Waals surface area contributed by atoms with Crippen LogP contribution in [0.1, 0.15) is 297 Å². The maximum absolute atomic E-state index is 12.0. The van der Waals surface area contributed by atoms with E-state index in [1.54, 1.807) is 0 Å². The average molecular weight is 745 g/mol. The van der Waals surface area contributed by atoms with Crippen molar-refractivity contribution in [1.82, 2.24) is 0 Å². The van der Waals surface area contributed by atoms with E-state index in [1.165, 1.54) is 257 Å². The Bertz CT molecular complexity index is 696. The van der Waals surface area contributed by atoms with Crippen LogP contribution in [0, 0.1) is 5.92 Å². The number of carbonyl (C=O) groups excluding carboxylic acids is 1. The molecule has 0 radical (unpaired) electrons. The first-order valence-electron chi connectivity index (χ1n) is 25.0. The molecule has 0 rings (SSSR count). The Hall–Kier alpha value is -0.790. The molecule has 0 aromatic heterocycles. The molecule has 0 N–H and O–H groups in total. The van der Waals surface area contributed by atoms with Crippen LogP contribution in [0.3, 0.4) is 0 Å². The normalized spacial score (nSPS) is 11.8. The summed E-state index contributed by atoms with van der Waals surface area (Å²) in [6.45, 7) is 7.61. The average Bonchev–Trinajstić information content (AvgIpc) is 3.15. The molecule has 0 aromatic carbocycles. The number of carbonyl (C=O) groups is 1. The van der Waals surface area contributed by atoms with Gasteiger partial charge in [0.1, 0.15) is 0 Å². The summed E-state index contributed by atoms with van der Waals surface area (Å²) in [6.07, 6.45) is 63.5. The topological polar surface area (TPSA) is 26.3 Å². The summed E-state index contributed by atoms with van der Waals surface area (Å²) in [5, 5.41) is 0. The molecule has 2 nitrogen and oxygen atoms in total. The molecule has 2 heteroatoms. The molecule has 0 aliphatic carbocycles. The first-order chi connectivity index (χ1) is 26.2. The standard InChI is InChI=1S/C51H100O2/c1-4-5-6-7-8-9-10-11-12-23-27-30-33-36-39-42-45-48-51(52)53-49-46-43-40-37-34-31-28-25-22-20-18-16-14-13-15-17-19-21-24-26-29-32-35-38-41-44-47-50(2)3/h11-12,50H,4-10,13-49H2,1-3H3. The van der Waals surface area contributed by atoms with Crippen LogP contribution in [0.5, 0.6) is 0 Å². The van der Waals surface area contributed by atoms with Gasteiger partial charge in [0.25, 0.3) is 0 Å². The van der Waals surface area contributed by atoms with Crippen LogP contribution in [0.4, 0.5) is 0 Å². The zero-order valence-electron chi connectivity index (χ0n) is 37.2. The lowest BCUT2D eigenvalue weighted by Gasteiger charge is -2.06. The molecule has 0 fully saturated rings. The Morgan fingerprint density at radius 3 is 1.00 bits per heavy atom. The van der Waals surface area contributed by atoms with Crippen LogP contribution in [0.2, 0.25) is 0 Å². The minimum absolute atomic E-state index is 0.0256. The van der Waals surface area contributed by atoms with E-state index in [-0.39, 0.29) is 5.97 Å². The van der Waals surface area contributed by atoms with Crippen molar-refractivity contribution in [2.45, 2.75) is 297 Å². The fraction of sp³-hybridized carbons (Fsp3) is 0.941. The third kappa shape index (κ3) is 49.2. The molecular formula is C51H100O2. The number of esters is 1. The summed E-state index contributed by atoms with van der Waals surface area (Å²) in [6, 6.07) is 0. The third-order valence-electron chi connectivity index (χ3n) is 11.6. The molecule has 0 aliphatic heterocycles. The van der Waals surface area contributed by atoms with Crippen molar-refractivity contribution in [3.05, 3.63) is 12.2 Å². The third-order valence-corrected chi connectivity index (χ3v) is 11.6. The highest BCUT2D eigenvalue weighted by atomic mass is 16.5. The molecule has 0 saturated carbocycles. The molecule has 0 heterocycles. The number of rotatable bonds is 46. The number of hydrogen-bond acceptors (Lipinski definition) is 2. The van der Waals surface area contributed by atoms with Gasteiger partial charge < -0.3 is 4.74 Å². The summed E-state index contributed by atoms with van der Waals surface area (Å²) in [5.41, 5.74) is 0. The fourth-order valence-electron chi connectivity index (χ4n) is 7.85. The fourth-order valence-corrected chi connectivity index (χ4v) is 7.85. The van der Waals surface area contributed by atoms with Crippen molar-refractivity contribution in [3.8, 4) is 0 Å². The van der Waals surface area contributed by atoms with Gasteiger partial charge in [0, 0.05) is 6.42 Å². The highest BCUT2D eigenvalue weighted by Crippen LogP contribution is 2.17. The van der Waals surface area contributed by atoms with Crippen molar-refractivity contribution in [1.29, 1.82) is 0 Å². The molecule has 0 amide bonds. The first kappa shape index (κ1) is 52.2. The van der Waals surface area contributed by atoms with Gasteiger partial charge >= 0.3 is 5.97 Å². The summed E-state index contributed by atoms with van der Waals surface area (Å²) >= 11 is 0. The van der Waals surface area contributed by atoms with Crippen LogP contribution >= 0.6 is 0 Å². The second kappa shape index (κ2) is 47.4. The van der Waals surface area contributed by atoms with Gasteiger partial charge in [-0.3, -0.25) is 4.79 Å². The Morgan fingerprint density at radius 1 is 0.377 bits per heavy atom. The monoisotopic (exact) mass is 745 g/mol. The van der Waals surface area contributed by atoms with Crippen molar-refractivity contribution in [2.75, 3.05) is 6.61 Å². The lowest BCUT2D eigenvalue weighted by Crippen LogP contribution is -2.05. The first-order valence-corrected chi connectivity index (χ1v) is 25.0. The second-order valence-electron chi connectivity index (χ2n) is 17.6. The molecular weight excluding hydrogens is 645 g/mol. The minimum Gasteiger partial charge on any atom is -0.466 e. The van der Waals surface area contributed by atoms with Gasteiger partial charge in [-0.1, -0.05) is 264 Å². The van der Waals surface area contributed by atoms with E-state index in [4.69, 9.17) is 4.74 Å². The highest BCUT2D eigenvalue weighted by molar-refractivity contribution is 5.69. The zero-order chi connectivity index (χ0) is 38.4. The smallest absolute Gasteiger partial charge is 0.305 e. The predicted molar refractivity (Wildman–Crippen MR) is 239 cm³/mol. The highest BCUT2D eigenvalue weighted by Gasteiger charge is 2.03. The maximum Gasteiger partial charge on any atom is 0.305 e. The van der Waals surface area contributed by atoms with Gasteiger partial charge in [-0.05, 0) is 44.4 Å². The molecule has 0 saturated heterocycles. The second-order valence-corrected chi connectivity index (χ2v) is 17.6. The van der Waals surface area contributed by atoms with Gasteiger partial charge in [-0.2, -0.15) is 0 Å². The SMILES string of the molecule is CCCCCCCCC=CCCCCCCCCCC(=O)OCCCCCCCCCCCCCCCCCCCCCCCCCCCCC(C)C. The number of unbranched alkanes of at least 4 members (excludes halogenated alkanes) is 38. The van der Waals surface area contributed by atoms with Gasteiger partial charge in [-0.15, -0.1) is 0 Å². The zero-order valence-corrected chi connectivity index (χ0v) is 37.2. The lowest BCUT2D eigenvalue weighted by atomic mass is 10.0. The molecule has 0 spiro atoms. The molecule has 0 aliphatic rings. The van der Waals surface area contributed by atoms with Crippen molar-refractivity contribution in [2.24, 2.45) is 5.92 Å². The van der Waals surface area contributed by atoms with E-state index in [1.807, 2.05) is 0 Å². The van der Waals surface area contributed by atoms with Crippen LogP contribution in [-0.4, -0.2) is 12.6 Å². The quantitative estimate of drug-likeness (QED) is 0.0352. The van der Waals surface area contributed by atoms with Crippen LogP contribution in [0.15, 0.2) is 12.2 Å². The van der Waals surface area contributed by atoms with E-state index in [2.05, 4.69) is 32.9 Å². The lowest BCUT2D eigenvalue weighted by molar-refractivity contribution is -0.143. The minimum atomic E-state index is 0.0256. The number of allylic oxidation sites excluding steroid dienone is 2. The molecule has 0 atom stereocenters. The molecule has 316 valence electrons. The van der Waals surface area contributed by atoms with E-state index in [9.17, 15) is 4.79 Å². The van der Waals surface area contributed by atoms with Crippen LogP contribution < -0.4 is 0 Å². The van der Waals surface area contributed by atoms with Gasteiger partial charge in [0.05, 0.1) is 6.61 Å². The van der Waals surface area contributed by atoms with E-state index in [0.29, 0.717) is 13.0 Å². The molecule has 0 aromatic rings.